The van der Waals surface area contributed by atoms with Gasteiger partial charge >= 0.3 is 0 Å². The van der Waals surface area contributed by atoms with E-state index in [0.717, 1.165) is 11.4 Å². The number of benzene rings is 1. The molecule has 0 fully saturated rings. The third-order valence-electron chi connectivity index (χ3n) is 3.40. The number of nitrogens with zero attached hydrogens (tertiary/aromatic N) is 4. The van der Waals surface area contributed by atoms with E-state index in [2.05, 4.69) is 25.7 Å². The predicted molar refractivity (Wildman–Crippen MR) is 90.4 cm³/mol. The SMILES string of the molecule is CN=C(NCc1ncnn1C)NCC(OC)c1cccc(Cl)c1. The molecule has 2 rings (SSSR count). The maximum absolute atomic E-state index is 6.03. The Bertz CT molecular complexity index is 657. The number of hydrogen-bond donors (Lipinski definition) is 2. The highest BCUT2D eigenvalue weighted by atomic mass is 35.5. The highest BCUT2D eigenvalue weighted by Gasteiger charge is 2.12. The molecular weight excluding hydrogens is 316 g/mol. The molecular formula is C15H21ClN6O. The fourth-order valence-corrected chi connectivity index (χ4v) is 2.30. The van der Waals surface area contributed by atoms with E-state index in [1.165, 1.54) is 6.33 Å². The van der Waals surface area contributed by atoms with Crippen molar-refractivity contribution in [1.82, 2.24) is 25.4 Å². The molecule has 23 heavy (non-hydrogen) atoms. The van der Waals surface area contributed by atoms with Crippen molar-refractivity contribution in [2.75, 3.05) is 20.7 Å². The molecule has 0 amide bonds. The van der Waals surface area contributed by atoms with E-state index in [1.807, 2.05) is 31.3 Å². The second kappa shape index (κ2) is 8.50. The number of hydrogen-bond acceptors (Lipinski definition) is 4. The number of halogens is 1. The summed E-state index contributed by atoms with van der Waals surface area (Å²) >= 11 is 6.03. The van der Waals surface area contributed by atoms with Crippen LogP contribution in [0.5, 0.6) is 0 Å². The summed E-state index contributed by atoms with van der Waals surface area (Å²) in [5.41, 5.74) is 1.01. The summed E-state index contributed by atoms with van der Waals surface area (Å²) in [6.07, 6.45) is 1.40. The van der Waals surface area contributed by atoms with Gasteiger partial charge in [0.25, 0.3) is 0 Å². The Kier molecular flexibility index (Phi) is 6.37. The summed E-state index contributed by atoms with van der Waals surface area (Å²) in [7, 11) is 5.23. The number of nitrogens with one attached hydrogen (secondary N) is 2. The largest absolute Gasteiger partial charge is 0.375 e. The van der Waals surface area contributed by atoms with Gasteiger partial charge in [0.2, 0.25) is 0 Å². The zero-order valence-electron chi connectivity index (χ0n) is 13.5. The van der Waals surface area contributed by atoms with Crippen LogP contribution in [0.3, 0.4) is 0 Å². The quantitative estimate of drug-likeness (QED) is 0.618. The van der Waals surface area contributed by atoms with Crippen molar-refractivity contribution >= 4 is 17.6 Å². The van der Waals surface area contributed by atoms with Crippen LogP contribution in [0.2, 0.25) is 5.02 Å². The molecule has 0 saturated carbocycles. The molecule has 0 spiro atoms. The molecule has 1 aromatic carbocycles. The van der Waals surface area contributed by atoms with Gasteiger partial charge in [-0.1, -0.05) is 23.7 Å². The molecule has 7 nitrogen and oxygen atoms in total. The monoisotopic (exact) mass is 336 g/mol. The first kappa shape index (κ1) is 17.2. The van der Waals surface area contributed by atoms with Crippen LogP contribution in [0.4, 0.5) is 0 Å². The Balaban J connectivity index is 1.90. The molecule has 0 radical (unpaired) electrons. The maximum atomic E-state index is 6.03. The molecule has 124 valence electrons. The van der Waals surface area contributed by atoms with Crippen LogP contribution in [0.25, 0.3) is 0 Å². The number of aryl methyl sites for hydroxylation is 1. The Morgan fingerprint density at radius 3 is 2.87 bits per heavy atom. The minimum Gasteiger partial charge on any atom is -0.375 e. The molecule has 0 aliphatic carbocycles. The summed E-state index contributed by atoms with van der Waals surface area (Å²) < 4.78 is 7.24. The average molecular weight is 337 g/mol. The topological polar surface area (TPSA) is 76.4 Å². The van der Waals surface area contributed by atoms with Crippen molar-refractivity contribution in [3.05, 3.63) is 47.0 Å². The van der Waals surface area contributed by atoms with Gasteiger partial charge in [-0.05, 0) is 17.7 Å². The third-order valence-corrected chi connectivity index (χ3v) is 3.64. The Morgan fingerprint density at radius 2 is 2.26 bits per heavy atom. The van der Waals surface area contributed by atoms with E-state index in [1.54, 1.807) is 18.8 Å². The summed E-state index contributed by atoms with van der Waals surface area (Å²) in [4.78, 5) is 8.35. The second-order valence-electron chi connectivity index (χ2n) is 4.89. The van der Waals surface area contributed by atoms with Gasteiger partial charge in [-0.15, -0.1) is 0 Å². The van der Waals surface area contributed by atoms with Gasteiger partial charge in [0.15, 0.2) is 5.96 Å². The minimum atomic E-state index is -0.123. The molecule has 0 aliphatic rings. The van der Waals surface area contributed by atoms with Crippen molar-refractivity contribution in [1.29, 1.82) is 0 Å². The third kappa shape index (κ3) is 4.94. The van der Waals surface area contributed by atoms with Gasteiger partial charge in [0.1, 0.15) is 12.2 Å². The van der Waals surface area contributed by atoms with E-state index in [-0.39, 0.29) is 6.10 Å². The second-order valence-corrected chi connectivity index (χ2v) is 5.32. The smallest absolute Gasteiger partial charge is 0.191 e. The molecule has 1 aromatic heterocycles. The van der Waals surface area contributed by atoms with Gasteiger partial charge in [-0.3, -0.25) is 9.67 Å². The number of aromatic nitrogens is 3. The van der Waals surface area contributed by atoms with Crippen LogP contribution in [-0.4, -0.2) is 41.4 Å². The molecule has 8 heteroatoms. The van der Waals surface area contributed by atoms with E-state index in [9.17, 15) is 0 Å². The number of rotatable bonds is 6. The lowest BCUT2D eigenvalue weighted by Crippen LogP contribution is -2.39. The number of methoxy groups -OCH3 is 1. The Labute approximate surface area is 140 Å². The van der Waals surface area contributed by atoms with Crippen LogP contribution in [-0.2, 0) is 18.3 Å². The maximum Gasteiger partial charge on any atom is 0.191 e. The van der Waals surface area contributed by atoms with E-state index in [4.69, 9.17) is 16.3 Å². The summed E-state index contributed by atoms with van der Waals surface area (Å²) in [6.45, 7) is 1.10. The van der Waals surface area contributed by atoms with E-state index < -0.39 is 0 Å². The standard InChI is InChI=1S/C15H21ClN6O/c1-17-15(19-9-14-20-10-21-22(14)2)18-8-13(23-3)11-5-4-6-12(16)7-11/h4-7,10,13H,8-9H2,1-3H3,(H2,17,18,19). The molecule has 2 N–H and O–H groups in total. The highest BCUT2D eigenvalue weighted by molar-refractivity contribution is 6.30. The summed E-state index contributed by atoms with van der Waals surface area (Å²) in [6, 6.07) is 7.63. The lowest BCUT2D eigenvalue weighted by molar-refractivity contribution is 0.106. The highest BCUT2D eigenvalue weighted by Crippen LogP contribution is 2.19. The van der Waals surface area contributed by atoms with Gasteiger partial charge in [0, 0.05) is 32.8 Å². The Morgan fingerprint density at radius 1 is 1.43 bits per heavy atom. The van der Waals surface area contributed by atoms with Gasteiger partial charge in [-0.25, -0.2) is 4.98 Å². The lowest BCUT2D eigenvalue weighted by Gasteiger charge is -2.18. The number of ether oxygens (including phenoxy) is 1. The first-order chi connectivity index (χ1) is 11.1. The average Bonchev–Trinajstić information content (AvgIpc) is 2.96. The molecule has 0 saturated heterocycles. The Hall–Kier alpha value is -2.12. The minimum absolute atomic E-state index is 0.123. The number of guanidine groups is 1. The normalized spacial score (nSPS) is 13.0. The van der Waals surface area contributed by atoms with Crippen LogP contribution in [0.15, 0.2) is 35.6 Å². The summed E-state index contributed by atoms with van der Waals surface area (Å²) in [5, 5.41) is 11.1. The van der Waals surface area contributed by atoms with E-state index >= 15 is 0 Å². The fourth-order valence-electron chi connectivity index (χ4n) is 2.10. The van der Waals surface area contributed by atoms with Gasteiger partial charge in [-0.2, -0.15) is 5.10 Å². The first-order valence-corrected chi connectivity index (χ1v) is 7.57. The van der Waals surface area contributed by atoms with Crippen molar-refractivity contribution in [2.45, 2.75) is 12.6 Å². The van der Waals surface area contributed by atoms with Gasteiger partial charge < -0.3 is 15.4 Å². The first-order valence-electron chi connectivity index (χ1n) is 7.19. The molecule has 1 heterocycles. The molecule has 1 unspecified atom stereocenters. The van der Waals surface area contributed by atoms with E-state index in [0.29, 0.717) is 24.1 Å². The molecule has 2 aromatic rings. The van der Waals surface area contributed by atoms with Crippen molar-refractivity contribution < 1.29 is 4.74 Å². The number of aliphatic imine (C=N–C) groups is 1. The summed E-state index contributed by atoms with van der Waals surface area (Å²) in [5.74, 6) is 1.49. The zero-order chi connectivity index (χ0) is 16.7. The van der Waals surface area contributed by atoms with Crippen LogP contribution < -0.4 is 10.6 Å². The lowest BCUT2D eigenvalue weighted by atomic mass is 10.1. The zero-order valence-corrected chi connectivity index (χ0v) is 14.2. The van der Waals surface area contributed by atoms with Crippen LogP contribution >= 0.6 is 11.6 Å². The van der Waals surface area contributed by atoms with Crippen LogP contribution in [0.1, 0.15) is 17.5 Å². The van der Waals surface area contributed by atoms with Crippen LogP contribution in [0, 0.1) is 0 Å². The fraction of sp³-hybridized carbons (Fsp3) is 0.400. The van der Waals surface area contributed by atoms with Crippen molar-refractivity contribution in [2.24, 2.45) is 12.0 Å². The van der Waals surface area contributed by atoms with Crippen molar-refractivity contribution in [3.8, 4) is 0 Å². The molecule has 0 bridgehead atoms. The van der Waals surface area contributed by atoms with Gasteiger partial charge in [0.05, 0.1) is 12.6 Å². The molecule has 0 aliphatic heterocycles. The van der Waals surface area contributed by atoms with Crippen molar-refractivity contribution in [3.63, 3.8) is 0 Å². The molecule has 1 atom stereocenters. The predicted octanol–water partition coefficient (Wildman–Crippen LogP) is 1.52.